The number of hydrogen-bond donors (Lipinski definition) is 1. The SMILES string of the molecule is CCC(C(=O)NC(C)(C)C)N(Cc1ccc(Cl)cc1)C(=O)CN(c1ccc2c(c1)OCO2)S(C)(=O)=O. The molecule has 1 N–H and O–H groups in total. The van der Waals surface area contributed by atoms with Gasteiger partial charge in [-0.3, -0.25) is 13.9 Å². The Morgan fingerprint density at radius 3 is 2.31 bits per heavy atom. The third kappa shape index (κ3) is 7.04. The summed E-state index contributed by atoms with van der Waals surface area (Å²) in [6, 6.07) is 10.8. The molecule has 11 heteroatoms. The summed E-state index contributed by atoms with van der Waals surface area (Å²) in [5.74, 6) is 0.0423. The van der Waals surface area contributed by atoms with Crippen molar-refractivity contribution < 1.29 is 27.5 Å². The van der Waals surface area contributed by atoms with E-state index in [1.54, 1.807) is 43.3 Å². The number of nitrogens with zero attached hydrogens (tertiary/aromatic N) is 2. The summed E-state index contributed by atoms with van der Waals surface area (Å²) in [7, 11) is -3.85. The monoisotopic (exact) mass is 537 g/mol. The van der Waals surface area contributed by atoms with Gasteiger partial charge in [0, 0.05) is 23.2 Å². The fourth-order valence-electron chi connectivity index (χ4n) is 3.81. The molecule has 0 saturated heterocycles. The van der Waals surface area contributed by atoms with Crippen molar-refractivity contribution >= 4 is 39.1 Å². The van der Waals surface area contributed by atoms with E-state index in [-0.39, 0.29) is 24.9 Å². The van der Waals surface area contributed by atoms with Gasteiger partial charge in [-0.15, -0.1) is 0 Å². The van der Waals surface area contributed by atoms with Gasteiger partial charge in [0.05, 0.1) is 11.9 Å². The summed E-state index contributed by atoms with van der Waals surface area (Å²) in [4.78, 5) is 28.3. The van der Waals surface area contributed by atoms with Gasteiger partial charge in [0.2, 0.25) is 28.6 Å². The Hall–Kier alpha value is -2.98. The summed E-state index contributed by atoms with van der Waals surface area (Å²) in [5.41, 5.74) is 0.502. The Morgan fingerprint density at radius 2 is 1.72 bits per heavy atom. The molecular formula is C25H32ClN3O6S. The lowest BCUT2D eigenvalue weighted by molar-refractivity contribution is -0.141. The van der Waals surface area contributed by atoms with E-state index in [0.717, 1.165) is 16.1 Å². The highest BCUT2D eigenvalue weighted by atomic mass is 35.5. The number of hydrogen-bond acceptors (Lipinski definition) is 6. The number of amides is 2. The molecule has 0 saturated carbocycles. The smallest absolute Gasteiger partial charge is 0.244 e. The van der Waals surface area contributed by atoms with Crippen LogP contribution in [-0.4, -0.2) is 56.3 Å². The van der Waals surface area contributed by atoms with Gasteiger partial charge in [0.25, 0.3) is 0 Å². The van der Waals surface area contributed by atoms with E-state index in [2.05, 4.69) is 5.32 Å². The molecule has 0 spiro atoms. The number of anilines is 1. The first-order valence-corrected chi connectivity index (χ1v) is 13.7. The lowest BCUT2D eigenvalue weighted by Gasteiger charge is -2.34. The predicted molar refractivity (Wildman–Crippen MR) is 139 cm³/mol. The van der Waals surface area contributed by atoms with Crippen LogP contribution in [0, 0.1) is 0 Å². The molecule has 0 fully saturated rings. The van der Waals surface area contributed by atoms with Crippen molar-refractivity contribution in [3.63, 3.8) is 0 Å². The lowest BCUT2D eigenvalue weighted by Crippen LogP contribution is -2.55. The number of sulfonamides is 1. The van der Waals surface area contributed by atoms with E-state index in [1.807, 2.05) is 20.8 Å². The van der Waals surface area contributed by atoms with Gasteiger partial charge < -0.3 is 19.7 Å². The summed E-state index contributed by atoms with van der Waals surface area (Å²) in [6.45, 7) is 7.01. The second kappa shape index (κ2) is 11.0. The fraction of sp³-hybridized carbons (Fsp3) is 0.440. The molecule has 2 amide bonds. The van der Waals surface area contributed by atoms with Crippen molar-refractivity contribution in [2.75, 3.05) is 23.9 Å². The van der Waals surface area contributed by atoms with E-state index in [4.69, 9.17) is 21.1 Å². The number of rotatable bonds is 9. The van der Waals surface area contributed by atoms with Crippen molar-refractivity contribution in [3.05, 3.63) is 53.1 Å². The van der Waals surface area contributed by atoms with Crippen LogP contribution in [0.4, 0.5) is 5.69 Å². The van der Waals surface area contributed by atoms with E-state index < -0.39 is 34.1 Å². The molecule has 2 aromatic carbocycles. The third-order valence-corrected chi connectivity index (χ3v) is 6.87. The van der Waals surface area contributed by atoms with Crippen molar-refractivity contribution in [2.24, 2.45) is 0 Å². The zero-order valence-corrected chi connectivity index (χ0v) is 22.6. The quantitative estimate of drug-likeness (QED) is 0.524. The second-order valence-electron chi connectivity index (χ2n) is 9.62. The third-order valence-electron chi connectivity index (χ3n) is 5.47. The van der Waals surface area contributed by atoms with Crippen LogP contribution >= 0.6 is 11.6 Å². The molecule has 1 aliphatic heterocycles. The van der Waals surface area contributed by atoms with Crippen LogP contribution in [0.15, 0.2) is 42.5 Å². The van der Waals surface area contributed by atoms with E-state index in [9.17, 15) is 18.0 Å². The number of halogens is 1. The standard InChI is InChI=1S/C25H32ClN3O6S/c1-6-20(24(31)27-25(2,3)4)28(14-17-7-9-18(26)10-8-17)23(30)15-29(36(5,32)33)19-11-12-21-22(13-19)35-16-34-21/h7-13,20H,6,14-16H2,1-5H3,(H,27,31). The minimum atomic E-state index is -3.85. The van der Waals surface area contributed by atoms with E-state index in [0.29, 0.717) is 22.9 Å². The van der Waals surface area contributed by atoms with Crippen LogP contribution in [0.25, 0.3) is 0 Å². The maximum absolute atomic E-state index is 13.7. The summed E-state index contributed by atoms with van der Waals surface area (Å²) in [5, 5.41) is 3.47. The average molecular weight is 538 g/mol. The van der Waals surface area contributed by atoms with Crippen molar-refractivity contribution in [1.29, 1.82) is 0 Å². The molecule has 0 aromatic heterocycles. The summed E-state index contributed by atoms with van der Waals surface area (Å²) < 4.78 is 37.2. The van der Waals surface area contributed by atoms with Gasteiger partial charge in [-0.05, 0) is 57.0 Å². The van der Waals surface area contributed by atoms with Crippen molar-refractivity contribution in [1.82, 2.24) is 10.2 Å². The Bertz CT molecular complexity index is 1210. The number of nitrogens with one attached hydrogen (secondary N) is 1. The molecule has 3 rings (SSSR count). The molecule has 196 valence electrons. The number of carbonyl (C=O) groups excluding carboxylic acids is 2. The van der Waals surface area contributed by atoms with E-state index in [1.165, 1.54) is 11.0 Å². The molecular weight excluding hydrogens is 506 g/mol. The Balaban J connectivity index is 1.95. The molecule has 0 radical (unpaired) electrons. The van der Waals surface area contributed by atoms with Gasteiger partial charge >= 0.3 is 0 Å². The van der Waals surface area contributed by atoms with Crippen LogP contribution in [-0.2, 0) is 26.2 Å². The average Bonchev–Trinajstić information content (AvgIpc) is 3.24. The normalized spacial score (nSPS) is 13.7. The minimum absolute atomic E-state index is 0.0343. The molecule has 2 aromatic rings. The summed E-state index contributed by atoms with van der Waals surface area (Å²) >= 11 is 6.01. The van der Waals surface area contributed by atoms with Crippen LogP contribution in [0.3, 0.4) is 0 Å². The highest BCUT2D eigenvalue weighted by molar-refractivity contribution is 7.92. The zero-order valence-electron chi connectivity index (χ0n) is 21.1. The number of benzene rings is 2. The van der Waals surface area contributed by atoms with Gasteiger partial charge in [0.15, 0.2) is 11.5 Å². The first-order chi connectivity index (χ1) is 16.8. The molecule has 1 heterocycles. The first kappa shape index (κ1) is 27.6. The first-order valence-electron chi connectivity index (χ1n) is 11.5. The Morgan fingerprint density at radius 1 is 1.08 bits per heavy atom. The van der Waals surface area contributed by atoms with Crippen LogP contribution < -0.4 is 19.1 Å². The topological polar surface area (TPSA) is 105 Å². The molecule has 9 nitrogen and oxygen atoms in total. The molecule has 1 aliphatic rings. The fourth-order valence-corrected chi connectivity index (χ4v) is 4.78. The van der Waals surface area contributed by atoms with Crippen LogP contribution in [0.5, 0.6) is 11.5 Å². The largest absolute Gasteiger partial charge is 0.454 e. The Labute approximate surface area is 217 Å². The maximum Gasteiger partial charge on any atom is 0.244 e. The molecule has 1 atom stereocenters. The molecule has 0 bridgehead atoms. The highest BCUT2D eigenvalue weighted by Crippen LogP contribution is 2.36. The molecule has 36 heavy (non-hydrogen) atoms. The number of ether oxygens (including phenoxy) is 2. The van der Waals surface area contributed by atoms with Crippen molar-refractivity contribution in [2.45, 2.75) is 52.2 Å². The maximum atomic E-state index is 13.7. The van der Waals surface area contributed by atoms with Crippen LogP contribution in [0.1, 0.15) is 39.7 Å². The van der Waals surface area contributed by atoms with Gasteiger partial charge in [0.1, 0.15) is 12.6 Å². The second-order valence-corrected chi connectivity index (χ2v) is 12.0. The minimum Gasteiger partial charge on any atom is -0.454 e. The Kier molecular flexibility index (Phi) is 8.40. The molecule has 0 aliphatic carbocycles. The highest BCUT2D eigenvalue weighted by Gasteiger charge is 2.33. The number of fused-ring (bicyclic) bond motifs is 1. The lowest BCUT2D eigenvalue weighted by atomic mass is 10.1. The molecule has 1 unspecified atom stereocenters. The number of carbonyl (C=O) groups is 2. The zero-order chi connectivity index (χ0) is 26.7. The van der Waals surface area contributed by atoms with Crippen LogP contribution in [0.2, 0.25) is 5.02 Å². The predicted octanol–water partition coefficient (Wildman–Crippen LogP) is 3.56. The summed E-state index contributed by atoms with van der Waals surface area (Å²) in [6.07, 6.45) is 1.36. The van der Waals surface area contributed by atoms with E-state index >= 15 is 0 Å². The van der Waals surface area contributed by atoms with Gasteiger partial charge in [-0.25, -0.2) is 8.42 Å². The van der Waals surface area contributed by atoms with Gasteiger partial charge in [-0.2, -0.15) is 0 Å². The van der Waals surface area contributed by atoms with Gasteiger partial charge in [-0.1, -0.05) is 30.7 Å². The van der Waals surface area contributed by atoms with Crippen molar-refractivity contribution in [3.8, 4) is 11.5 Å².